The van der Waals surface area contributed by atoms with Gasteiger partial charge in [-0.05, 0) is 19.8 Å². The summed E-state index contributed by atoms with van der Waals surface area (Å²) in [6.07, 6.45) is 1.60. The summed E-state index contributed by atoms with van der Waals surface area (Å²) in [5.74, 6) is 0.753. The largest absolute Gasteiger partial charge is 0.393 e. The minimum atomic E-state index is -0.122. The van der Waals surface area contributed by atoms with E-state index in [2.05, 4.69) is 10.00 Å². The van der Waals surface area contributed by atoms with Crippen LogP contribution in [0, 0.1) is 6.92 Å². The van der Waals surface area contributed by atoms with Crippen LogP contribution in [-0.4, -0.2) is 39.0 Å². The van der Waals surface area contributed by atoms with Gasteiger partial charge in [0.1, 0.15) is 5.82 Å². The molecule has 0 aliphatic carbocycles. The Morgan fingerprint density at radius 3 is 2.56 bits per heavy atom. The molecule has 2 heterocycles. The van der Waals surface area contributed by atoms with Crippen LogP contribution in [0.1, 0.15) is 24.1 Å². The Kier molecular flexibility index (Phi) is 3.16. The predicted octanol–water partition coefficient (Wildman–Crippen LogP) is 0.267. The molecule has 1 fully saturated rings. The van der Waals surface area contributed by atoms with Crippen molar-refractivity contribution in [2.45, 2.75) is 32.4 Å². The van der Waals surface area contributed by atoms with Crippen molar-refractivity contribution in [1.82, 2.24) is 14.7 Å². The van der Waals surface area contributed by atoms with Gasteiger partial charge in [0.05, 0.1) is 11.8 Å². The quantitative estimate of drug-likeness (QED) is 0.756. The van der Waals surface area contributed by atoms with E-state index in [4.69, 9.17) is 5.73 Å². The maximum atomic E-state index is 9.44. The number of aliphatic hydroxyl groups excluding tert-OH is 1. The molecule has 1 aliphatic rings. The highest BCUT2D eigenvalue weighted by Crippen LogP contribution is 2.20. The Morgan fingerprint density at radius 2 is 2.06 bits per heavy atom. The van der Waals surface area contributed by atoms with Crippen molar-refractivity contribution < 1.29 is 5.11 Å². The lowest BCUT2D eigenvalue weighted by Crippen LogP contribution is -2.35. The van der Waals surface area contributed by atoms with Crippen LogP contribution in [-0.2, 0) is 13.6 Å². The summed E-state index contributed by atoms with van der Waals surface area (Å²) in [5.41, 5.74) is 8.10. The minimum Gasteiger partial charge on any atom is -0.393 e. The maximum Gasteiger partial charge on any atom is 0.126 e. The van der Waals surface area contributed by atoms with Crippen molar-refractivity contribution in [3.8, 4) is 0 Å². The van der Waals surface area contributed by atoms with Crippen molar-refractivity contribution >= 4 is 5.82 Å². The van der Waals surface area contributed by atoms with Crippen LogP contribution in [0.25, 0.3) is 0 Å². The van der Waals surface area contributed by atoms with Gasteiger partial charge >= 0.3 is 0 Å². The highest BCUT2D eigenvalue weighted by molar-refractivity contribution is 5.42. The van der Waals surface area contributed by atoms with Crippen LogP contribution in [0.15, 0.2) is 0 Å². The molecule has 16 heavy (non-hydrogen) atoms. The topological polar surface area (TPSA) is 67.3 Å². The molecule has 1 saturated heterocycles. The van der Waals surface area contributed by atoms with Crippen molar-refractivity contribution in [3.05, 3.63) is 11.3 Å². The Hall–Kier alpha value is -1.07. The van der Waals surface area contributed by atoms with E-state index in [9.17, 15) is 5.11 Å². The van der Waals surface area contributed by atoms with Crippen LogP contribution < -0.4 is 5.73 Å². The van der Waals surface area contributed by atoms with Gasteiger partial charge in [0.25, 0.3) is 0 Å². The first-order valence-corrected chi connectivity index (χ1v) is 5.76. The molecule has 3 N–H and O–H groups in total. The molecule has 0 radical (unpaired) electrons. The van der Waals surface area contributed by atoms with Gasteiger partial charge in [-0.25, -0.2) is 0 Å². The smallest absolute Gasteiger partial charge is 0.126 e. The molecular weight excluding hydrogens is 204 g/mol. The van der Waals surface area contributed by atoms with E-state index in [1.165, 1.54) is 0 Å². The summed E-state index contributed by atoms with van der Waals surface area (Å²) in [7, 11) is 1.87. The highest BCUT2D eigenvalue weighted by Gasteiger charge is 2.19. The molecule has 0 amide bonds. The number of nitrogens with two attached hydrogens (primary N) is 1. The van der Waals surface area contributed by atoms with Gasteiger partial charge in [-0.3, -0.25) is 9.58 Å². The second-order valence-electron chi connectivity index (χ2n) is 4.58. The fourth-order valence-electron chi connectivity index (χ4n) is 2.22. The summed E-state index contributed by atoms with van der Waals surface area (Å²) in [6, 6.07) is 0. The fourth-order valence-corrected chi connectivity index (χ4v) is 2.22. The van der Waals surface area contributed by atoms with Crippen LogP contribution in [0.3, 0.4) is 0 Å². The Labute approximate surface area is 95.8 Å². The van der Waals surface area contributed by atoms with Crippen LogP contribution in [0.5, 0.6) is 0 Å². The molecule has 0 bridgehead atoms. The molecule has 2 rings (SSSR count). The van der Waals surface area contributed by atoms with E-state index >= 15 is 0 Å². The Bertz CT molecular complexity index is 366. The van der Waals surface area contributed by atoms with E-state index in [-0.39, 0.29) is 6.10 Å². The first-order chi connectivity index (χ1) is 7.58. The standard InChI is InChI=1S/C11H20N4O/c1-8-10(11(12)14(2)13-8)7-15-5-3-9(16)4-6-15/h9,16H,3-7,12H2,1-2H3. The monoisotopic (exact) mass is 224 g/mol. The number of aryl methyl sites for hydroxylation is 2. The lowest BCUT2D eigenvalue weighted by molar-refractivity contribution is 0.0792. The van der Waals surface area contributed by atoms with E-state index in [0.717, 1.165) is 49.6 Å². The van der Waals surface area contributed by atoms with E-state index in [1.807, 2.05) is 14.0 Å². The second kappa shape index (κ2) is 4.43. The highest BCUT2D eigenvalue weighted by atomic mass is 16.3. The first kappa shape index (κ1) is 11.4. The third-order valence-electron chi connectivity index (χ3n) is 3.33. The minimum absolute atomic E-state index is 0.122. The second-order valence-corrected chi connectivity index (χ2v) is 4.58. The fraction of sp³-hybridized carbons (Fsp3) is 0.727. The van der Waals surface area contributed by atoms with E-state index < -0.39 is 0 Å². The van der Waals surface area contributed by atoms with Gasteiger partial charge in [-0.2, -0.15) is 5.10 Å². The van der Waals surface area contributed by atoms with Crippen molar-refractivity contribution in [3.63, 3.8) is 0 Å². The number of likely N-dealkylation sites (tertiary alicyclic amines) is 1. The Morgan fingerprint density at radius 1 is 1.44 bits per heavy atom. The zero-order chi connectivity index (χ0) is 11.7. The number of nitrogen functional groups attached to an aromatic ring is 1. The predicted molar refractivity (Wildman–Crippen MR) is 62.9 cm³/mol. The third kappa shape index (κ3) is 2.20. The molecule has 1 aromatic heterocycles. The maximum absolute atomic E-state index is 9.44. The number of rotatable bonds is 2. The molecule has 0 saturated carbocycles. The third-order valence-corrected chi connectivity index (χ3v) is 3.33. The van der Waals surface area contributed by atoms with Gasteiger partial charge in [0.2, 0.25) is 0 Å². The Balaban J connectivity index is 2.03. The van der Waals surface area contributed by atoms with Crippen molar-refractivity contribution in [1.29, 1.82) is 0 Å². The SMILES string of the molecule is Cc1nn(C)c(N)c1CN1CCC(O)CC1. The van der Waals surface area contributed by atoms with E-state index in [0.29, 0.717) is 0 Å². The summed E-state index contributed by atoms with van der Waals surface area (Å²) >= 11 is 0. The molecule has 1 aromatic rings. The molecule has 5 heteroatoms. The van der Waals surface area contributed by atoms with Crippen LogP contribution in [0.4, 0.5) is 5.82 Å². The van der Waals surface area contributed by atoms with Gasteiger partial charge in [0, 0.05) is 32.2 Å². The molecule has 0 atom stereocenters. The number of aliphatic hydroxyl groups is 1. The number of piperidine rings is 1. The molecule has 0 unspecified atom stereocenters. The van der Waals surface area contributed by atoms with Gasteiger partial charge in [-0.1, -0.05) is 0 Å². The lowest BCUT2D eigenvalue weighted by Gasteiger charge is -2.29. The average Bonchev–Trinajstić information content (AvgIpc) is 2.48. The summed E-state index contributed by atoms with van der Waals surface area (Å²) in [6.45, 7) is 4.71. The average molecular weight is 224 g/mol. The molecule has 0 aromatic carbocycles. The molecule has 0 spiro atoms. The van der Waals surface area contributed by atoms with Gasteiger partial charge in [0.15, 0.2) is 0 Å². The molecule has 5 nitrogen and oxygen atoms in total. The number of nitrogens with zero attached hydrogens (tertiary/aromatic N) is 3. The van der Waals surface area contributed by atoms with Gasteiger partial charge < -0.3 is 10.8 Å². The lowest BCUT2D eigenvalue weighted by atomic mass is 10.1. The summed E-state index contributed by atoms with van der Waals surface area (Å²) in [4.78, 5) is 2.33. The molecule has 90 valence electrons. The number of aromatic nitrogens is 2. The number of anilines is 1. The normalized spacial score (nSPS) is 19.2. The summed E-state index contributed by atoms with van der Waals surface area (Å²) < 4.78 is 1.73. The van der Waals surface area contributed by atoms with Crippen molar-refractivity contribution in [2.24, 2.45) is 7.05 Å². The summed E-state index contributed by atoms with van der Waals surface area (Å²) in [5, 5.41) is 13.7. The van der Waals surface area contributed by atoms with E-state index in [1.54, 1.807) is 4.68 Å². The van der Waals surface area contributed by atoms with Crippen molar-refractivity contribution in [2.75, 3.05) is 18.8 Å². The van der Waals surface area contributed by atoms with Crippen LogP contribution >= 0.6 is 0 Å². The number of hydrogen-bond acceptors (Lipinski definition) is 4. The molecule has 1 aliphatic heterocycles. The van der Waals surface area contributed by atoms with Crippen LogP contribution in [0.2, 0.25) is 0 Å². The molecular formula is C11H20N4O. The van der Waals surface area contributed by atoms with Gasteiger partial charge in [-0.15, -0.1) is 0 Å². The number of hydrogen-bond donors (Lipinski definition) is 2. The zero-order valence-electron chi connectivity index (χ0n) is 9.98. The first-order valence-electron chi connectivity index (χ1n) is 5.76. The zero-order valence-corrected chi connectivity index (χ0v) is 9.98.